The van der Waals surface area contributed by atoms with Crippen molar-refractivity contribution in [2.75, 3.05) is 62.1 Å². The average molecular weight is 748 g/mol. The molecule has 1 saturated heterocycles. The molecule has 0 bridgehead atoms. The standard InChI is InChI=1S/C43H53N7O5/c1-7-8-22-44-39-38-37(45-41(46-39)50(29-32-11-17-35(53-5)18-12-32)30-33-13-19-36(54-6)20-14-33)21-23-49(40(38)51)28-31-9-15-34(16-10-31)47-24-26-48(27-25-47)42(52)55-43(2,3)4/h9-21,23H,7-8,22,24-30H2,1-6H3,(H,44,45,46). The number of amides is 1. The van der Waals surface area contributed by atoms with E-state index in [1.54, 1.807) is 23.7 Å². The second-order valence-electron chi connectivity index (χ2n) is 14.8. The molecule has 1 amide bonds. The van der Waals surface area contributed by atoms with E-state index in [-0.39, 0.29) is 11.7 Å². The molecule has 0 saturated carbocycles. The molecule has 2 aromatic heterocycles. The highest BCUT2D eigenvalue weighted by Crippen LogP contribution is 2.26. The van der Waals surface area contributed by atoms with Crippen LogP contribution in [0.25, 0.3) is 10.9 Å². The van der Waals surface area contributed by atoms with Crippen LogP contribution in [0.1, 0.15) is 57.2 Å². The Morgan fingerprint density at radius 3 is 1.93 bits per heavy atom. The van der Waals surface area contributed by atoms with Gasteiger partial charge in [0.05, 0.1) is 26.3 Å². The number of carbonyl (C=O) groups excluding carboxylic acids is 1. The fraction of sp³-hybridized carbons (Fsp3) is 0.395. The Kier molecular flexibility index (Phi) is 12.4. The molecule has 0 unspecified atom stereocenters. The van der Waals surface area contributed by atoms with Gasteiger partial charge in [-0.15, -0.1) is 0 Å². The molecule has 3 aromatic carbocycles. The van der Waals surface area contributed by atoms with E-state index in [1.165, 1.54) is 0 Å². The van der Waals surface area contributed by atoms with Crippen molar-refractivity contribution in [3.8, 4) is 11.5 Å². The number of nitrogens with one attached hydrogen (secondary N) is 1. The number of unbranched alkanes of at least 4 members (excludes halogenated alkanes) is 1. The van der Waals surface area contributed by atoms with Gasteiger partial charge in [-0.25, -0.2) is 9.78 Å². The number of fused-ring (bicyclic) bond motifs is 1. The van der Waals surface area contributed by atoms with E-state index < -0.39 is 5.60 Å². The van der Waals surface area contributed by atoms with Gasteiger partial charge in [0.2, 0.25) is 5.95 Å². The van der Waals surface area contributed by atoms with Crippen LogP contribution in [-0.2, 0) is 24.4 Å². The Bertz CT molecular complexity index is 2040. The van der Waals surface area contributed by atoms with Crippen molar-refractivity contribution in [1.82, 2.24) is 19.4 Å². The van der Waals surface area contributed by atoms with Crippen molar-refractivity contribution < 1.29 is 19.0 Å². The van der Waals surface area contributed by atoms with Crippen LogP contribution in [0.4, 0.5) is 22.2 Å². The summed E-state index contributed by atoms with van der Waals surface area (Å²) in [7, 11) is 3.32. The van der Waals surface area contributed by atoms with Crippen LogP contribution in [0.15, 0.2) is 89.9 Å². The molecule has 0 spiro atoms. The molecular weight excluding hydrogens is 695 g/mol. The van der Waals surface area contributed by atoms with Gasteiger partial charge in [0.1, 0.15) is 28.3 Å². The van der Waals surface area contributed by atoms with Crippen LogP contribution in [0, 0.1) is 0 Å². The number of rotatable bonds is 14. The molecule has 1 aliphatic rings. The van der Waals surface area contributed by atoms with E-state index in [1.807, 2.05) is 81.6 Å². The van der Waals surface area contributed by atoms with Crippen molar-refractivity contribution in [2.24, 2.45) is 0 Å². The first-order chi connectivity index (χ1) is 26.5. The molecular formula is C43H53N7O5. The van der Waals surface area contributed by atoms with Gasteiger partial charge >= 0.3 is 6.09 Å². The van der Waals surface area contributed by atoms with Crippen molar-refractivity contribution in [2.45, 2.75) is 65.8 Å². The first kappa shape index (κ1) is 38.9. The molecule has 12 nitrogen and oxygen atoms in total. The van der Waals surface area contributed by atoms with E-state index >= 15 is 0 Å². The van der Waals surface area contributed by atoms with Crippen LogP contribution in [0.3, 0.4) is 0 Å². The SMILES string of the molecule is CCCCNc1nc(N(Cc2ccc(OC)cc2)Cc2ccc(OC)cc2)nc2ccn(Cc3ccc(N4CCN(C(=O)OC(C)(C)C)CC4)cc3)c(=O)c12. The monoisotopic (exact) mass is 747 g/mol. The topological polar surface area (TPSA) is 114 Å². The predicted molar refractivity (Wildman–Crippen MR) is 219 cm³/mol. The number of hydrogen-bond donors (Lipinski definition) is 1. The van der Waals surface area contributed by atoms with Crippen LogP contribution in [0.2, 0.25) is 0 Å². The molecule has 0 radical (unpaired) electrons. The third-order valence-corrected chi connectivity index (χ3v) is 9.57. The van der Waals surface area contributed by atoms with Gasteiger partial charge in [0, 0.05) is 57.7 Å². The molecule has 1 fully saturated rings. The van der Waals surface area contributed by atoms with E-state index in [2.05, 4.69) is 46.3 Å². The highest BCUT2D eigenvalue weighted by atomic mass is 16.6. The van der Waals surface area contributed by atoms with Gasteiger partial charge < -0.3 is 38.8 Å². The van der Waals surface area contributed by atoms with E-state index in [9.17, 15) is 9.59 Å². The van der Waals surface area contributed by atoms with Crippen molar-refractivity contribution in [3.63, 3.8) is 0 Å². The maximum Gasteiger partial charge on any atom is 0.410 e. The van der Waals surface area contributed by atoms with Crippen molar-refractivity contribution in [1.29, 1.82) is 0 Å². The number of ether oxygens (including phenoxy) is 3. The van der Waals surface area contributed by atoms with Crippen molar-refractivity contribution >= 4 is 34.4 Å². The summed E-state index contributed by atoms with van der Waals surface area (Å²) in [6.45, 7) is 12.6. The third-order valence-electron chi connectivity index (χ3n) is 9.57. The maximum absolute atomic E-state index is 14.2. The lowest BCUT2D eigenvalue weighted by molar-refractivity contribution is 0.0240. The Morgan fingerprint density at radius 1 is 0.800 bits per heavy atom. The quantitative estimate of drug-likeness (QED) is 0.116. The predicted octanol–water partition coefficient (Wildman–Crippen LogP) is 7.33. The van der Waals surface area contributed by atoms with Gasteiger partial charge in [-0.3, -0.25) is 4.79 Å². The van der Waals surface area contributed by atoms with Crippen LogP contribution < -0.4 is 30.1 Å². The number of carbonyl (C=O) groups is 1. The van der Waals surface area contributed by atoms with Gasteiger partial charge in [-0.05, 0) is 86.3 Å². The Morgan fingerprint density at radius 2 is 1.38 bits per heavy atom. The fourth-order valence-electron chi connectivity index (χ4n) is 6.53. The number of anilines is 3. The summed E-state index contributed by atoms with van der Waals surface area (Å²) >= 11 is 0. The number of pyridine rings is 1. The number of piperazine rings is 1. The summed E-state index contributed by atoms with van der Waals surface area (Å²) in [5.41, 5.74) is 4.14. The first-order valence-electron chi connectivity index (χ1n) is 19.0. The second kappa shape index (κ2) is 17.6. The number of methoxy groups -OCH3 is 2. The molecule has 3 heterocycles. The van der Waals surface area contributed by atoms with Crippen LogP contribution >= 0.6 is 0 Å². The molecule has 12 heteroatoms. The second-order valence-corrected chi connectivity index (χ2v) is 14.8. The van der Waals surface area contributed by atoms with E-state index in [4.69, 9.17) is 24.2 Å². The summed E-state index contributed by atoms with van der Waals surface area (Å²) < 4.78 is 18.1. The van der Waals surface area contributed by atoms with E-state index in [0.717, 1.165) is 59.8 Å². The number of aromatic nitrogens is 3. The molecule has 1 N–H and O–H groups in total. The molecule has 5 aromatic rings. The lowest BCUT2D eigenvalue weighted by Crippen LogP contribution is -2.50. The summed E-state index contributed by atoms with van der Waals surface area (Å²) in [6.07, 6.45) is 3.49. The first-order valence-corrected chi connectivity index (χ1v) is 19.0. The Hall–Kier alpha value is -5.78. The summed E-state index contributed by atoms with van der Waals surface area (Å²) in [6, 6.07) is 26.1. The highest BCUT2D eigenvalue weighted by molar-refractivity contribution is 5.89. The maximum atomic E-state index is 14.2. The van der Waals surface area contributed by atoms with E-state index in [0.29, 0.717) is 61.9 Å². The fourth-order valence-corrected chi connectivity index (χ4v) is 6.53. The summed E-state index contributed by atoms with van der Waals surface area (Å²) in [4.78, 5) is 42.9. The molecule has 0 atom stereocenters. The summed E-state index contributed by atoms with van der Waals surface area (Å²) in [5, 5.41) is 3.94. The zero-order chi connectivity index (χ0) is 39.0. The Balaban J connectivity index is 1.25. The molecule has 6 rings (SSSR count). The zero-order valence-electron chi connectivity index (χ0n) is 32.9. The van der Waals surface area contributed by atoms with Crippen LogP contribution in [0.5, 0.6) is 11.5 Å². The molecule has 0 aliphatic carbocycles. The molecule has 55 heavy (non-hydrogen) atoms. The number of nitrogens with zero attached hydrogens (tertiary/aromatic N) is 6. The van der Waals surface area contributed by atoms with Gasteiger partial charge in [-0.2, -0.15) is 4.98 Å². The smallest absolute Gasteiger partial charge is 0.410 e. The average Bonchev–Trinajstić information content (AvgIpc) is 3.19. The van der Waals surface area contributed by atoms with Gasteiger partial charge in [0.25, 0.3) is 5.56 Å². The number of benzene rings is 3. The minimum atomic E-state index is -0.516. The van der Waals surface area contributed by atoms with Crippen LogP contribution in [-0.4, -0.2) is 78.1 Å². The largest absolute Gasteiger partial charge is 0.497 e. The number of hydrogen-bond acceptors (Lipinski definition) is 10. The Labute approximate surface area is 323 Å². The lowest BCUT2D eigenvalue weighted by Gasteiger charge is -2.36. The summed E-state index contributed by atoms with van der Waals surface area (Å²) in [5.74, 6) is 2.63. The van der Waals surface area contributed by atoms with Crippen molar-refractivity contribution in [3.05, 3.63) is 112 Å². The van der Waals surface area contributed by atoms with Gasteiger partial charge in [0.15, 0.2) is 0 Å². The molecule has 290 valence electrons. The zero-order valence-corrected chi connectivity index (χ0v) is 32.9. The molecule has 1 aliphatic heterocycles. The third kappa shape index (κ3) is 10.1. The minimum absolute atomic E-state index is 0.151. The minimum Gasteiger partial charge on any atom is -0.497 e. The highest BCUT2D eigenvalue weighted by Gasteiger charge is 2.26. The lowest BCUT2D eigenvalue weighted by atomic mass is 10.1. The normalized spacial score (nSPS) is 13.1. The van der Waals surface area contributed by atoms with Gasteiger partial charge in [-0.1, -0.05) is 49.7 Å².